The van der Waals surface area contributed by atoms with Crippen molar-refractivity contribution < 1.29 is 14.2 Å². The number of methoxy groups -OCH3 is 1. The van der Waals surface area contributed by atoms with E-state index in [1.807, 2.05) is 12.1 Å². The first-order valence-corrected chi connectivity index (χ1v) is 13.4. The Hall–Kier alpha value is -3.28. The molecule has 0 aliphatic carbocycles. The predicted octanol–water partition coefficient (Wildman–Crippen LogP) is 6.42. The minimum absolute atomic E-state index is 0.715. The van der Waals surface area contributed by atoms with Gasteiger partial charge in [0.25, 0.3) is 0 Å². The van der Waals surface area contributed by atoms with Crippen LogP contribution in [0.3, 0.4) is 0 Å². The van der Waals surface area contributed by atoms with Crippen LogP contribution in [0.15, 0.2) is 78.4 Å². The van der Waals surface area contributed by atoms with Gasteiger partial charge in [0.15, 0.2) is 0 Å². The van der Waals surface area contributed by atoms with E-state index in [9.17, 15) is 0 Å². The Morgan fingerprint density at radius 3 is 1.42 bits per heavy atom. The van der Waals surface area contributed by atoms with E-state index in [2.05, 4.69) is 106 Å². The van der Waals surface area contributed by atoms with Crippen LogP contribution in [0, 0.1) is 0 Å². The van der Waals surface area contributed by atoms with Crippen LogP contribution in [0.5, 0.6) is 17.2 Å². The van der Waals surface area contributed by atoms with Gasteiger partial charge in [-0.15, -0.1) is 0 Å². The molecule has 0 bridgehead atoms. The second kappa shape index (κ2) is 15.2. The number of hydrogen-bond acceptors (Lipinski definition) is 5. The molecule has 0 fully saturated rings. The van der Waals surface area contributed by atoms with Gasteiger partial charge in [0.1, 0.15) is 17.2 Å². The Kier molecular flexibility index (Phi) is 11.7. The van der Waals surface area contributed by atoms with Gasteiger partial charge in [-0.05, 0) is 113 Å². The first kappa shape index (κ1) is 29.3. The van der Waals surface area contributed by atoms with Crippen molar-refractivity contribution in [2.24, 2.45) is 0 Å². The van der Waals surface area contributed by atoms with Gasteiger partial charge < -0.3 is 24.0 Å². The molecule has 3 aromatic carbocycles. The van der Waals surface area contributed by atoms with Crippen molar-refractivity contribution in [3.05, 3.63) is 95.1 Å². The maximum Gasteiger partial charge on any atom is 0.119 e. The second-order valence-electron chi connectivity index (χ2n) is 10.2. The third-order valence-corrected chi connectivity index (χ3v) is 6.38. The molecule has 5 heteroatoms. The quantitative estimate of drug-likeness (QED) is 0.218. The zero-order chi connectivity index (χ0) is 27.3. The summed E-state index contributed by atoms with van der Waals surface area (Å²) in [6, 6.07) is 25.3. The number of rotatable bonds is 15. The fourth-order valence-electron chi connectivity index (χ4n) is 4.37. The smallest absolute Gasteiger partial charge is 0.119 e. The molecule has 0 aliphatic rings. The van der Waals surface area contributed by atoms with E-state index in [0.717, 1.165) is 49.6 Å². The zero-order valence-corrected chi connectivity index (χ0v) is 24.0. The van der Waals surface area contributed by atoms with Gasteiger partial charge in [-0.2, -0.15) is 0 Å². The van der Waals surface area contributed by atoms with Gasteiger partial charge in [-0.1, -0.05) is 42.0 Å². The molecule has 0 saturated carbocycles. The summed E-state index contributed by atoms with van der Waals surface area (Å²) in [5, 5.41) is 0. The number of allylic oxidation sites excluding steroid dienone is 1. The summed E-state index contributed by atoms with van der Waals surface area (Å²) in [6.45, 7) is 5.69. The molecule has 0 aromatic heterocycles. The lowest BCUT2D eigenvalue weighted by atomic mass is 9.90. The van der Waals surface area contributed by atoms with Crippen LogP contribution in [0.25, 0.3) is 5.57 Å². The van der Waals surface area contributed by atoms with Crippen molar-refractivity contribution in [3.63, 3.8) is 0 Å². The molecule has 3 rings (SSSR count). The van der Waals surface area contributed by atoms with Gasteiger partial charge >= 0.3 is 0 Å². The molecule has 0 N–H and O–H groups in total. The standard InChI is InChI=1S/C33H44N2O3/c1-26(25-27-9-15-30(36-6)16-10-27)33(28-11-17-31(18-12-28)37-23-7-21-34(2)3)29-13-19-32(20-14-29)38-24-8-22-35(4)5/h9-20H,7-8,21-25H2,1-6H3. The Labute approximate surface area is 229 Å². The first-order chi connectivity index (χ1) is 18.4. The van der Waals surface area contributed by atoms with Crippen molar-refractivity contribution in [2.45, 2.75) is 26.2 Å². The molecule has 0 aliphatic heterocycles. The van der Waals surface area contributed by atoms with Crippen LogP contribution in [-0.4, -0.2) is 71.4 Å². The van der Waals surface area contributed by atoms with Gasteiger partial charge in [-0.3, -0.25) is 0 Å². The second-order valence-corrected chi connectivity index (χ2v) is 10.2. The summed E-state index contributed by atoms with van der Waals surface area (Å²) < 4.78 is 17.3. The lowest BCUT2D eigenvalue weighted by Crippen LogP contribution is -2.15. The highest BCUT2D eigenvalue weighted by molar-refractivity contribution is 5.82. The monoisotopic (exact) mass is 516 g/mol. The number of benzene rings is 3. The minimum atomic E-state index is 0.715. The van der Waals surface area contributed by atoms with E-state index in [4.69, 9.17) is 14.2 Å². The summed E-state index contributed by atoms with van der Waals surface area (Å²) in [6.07, 6.45) is 2.86. The van der Waals surface area contributed by atoms with Crippen molar-refractivity contribution in [2.75, 3.05) is 61.6 Å². The molecule has 204 valence electrons. The highest BCUT2D eigenvalue weighted by Gasteiger charge is 2.11. The lowest BCUT2D eigenvalue weighted by molar-refractivity contribution is 0.281. The van der Waals surface area contributed by atoms with Crippen molar-refractivity contribution in [1.82, 2.24) is 9.80 Å². The van der Waals surface area contributed by atoms with E-state index in [0.29, 0.717) is 13.2 Å². The Bertz CT molecular complexity index is 1060. The average molecular weight is 517 g/mol. The summed E-state index contributed by atoms with van der Waals surface area (Å²) in [5.74, 6) is 2.68. The third kappa shape index (κ3) is 9.55. The van der Waals surface area contributed by atoms with Gasteiger partial charge in [0.2, 0.25) is 0 Å². The fourth-order valence-corrected chi connectivity index (χ4v) is 4.37. The normalized spacial score (nSPS) is 11.1. The lowest BCUT2D eigenvalue weighted by Gasteiger charge is -2.16. The summed E-state index contributed by atoms with van der Waals surface area (Å²) in [4.78, 5) is 4.35. The van der Waals surface area contributed by atoms with Crippen molar-refractivity contribution in [3.8, 4) is 17.2 Å². The first-order valence-electron chi connectivity index (χ1n) is 13.4. The maximum absolute atomic E-state index is 5.98. The molecular weight excluding hydrogens is 472 g/mol. The Morgan fingerprint density at radius 2 is 1.03 bits per heavy atom. The summed E-state index contributed by atoms with van der Waals surface area (Å²) in [5.41, 5.74) is 6.14. The molecule has 0 atom stereocenters. The van der Waals surface area contributed by atoms with E-state index in [1.165, 1.54) is 27.8 Å². The number of hydrogen-bond donors (Lipinski definition) is 0. The van der Waals surface area contributed by atoms with Crippen LogP contribution in [0.1, 0.15) is 36.5 Å². The predicted molar refractivity (Wildman–Crippen MR) is 159 cm³/mol. The SMILES string of the molecule is COc1ccc(CC(C)=C(c2ccc(OCCCN(C)C)cc2)c2ccc(OCCCN(C)C)cc2)cc1. The fraction of sp³-hybridized carbons (Fsp3) is 0.394. The highest BCUT2D eigenvalue weighted by Crippen LogP contribution is 2.31. The Balaban J connectivity index is 1.81. The molecule has 0 spiro atoms. The van der Waals surface area contributed by atoms with Gasteiger partial charge in [-0.25, -0.2) is 0 Å². The number of nitrogens with zero attached hydrogens (tertiary/aromatic N) is 2. The van der Waals surface area contributed by atoms with E-state index < -0.39 is 0 Å². The van der Waals surface area contributed by atoms with E-state index in [1.54, 1.807) is 7.11 Å². The van der Waals surface area contributed by atoms with Crippen LogP contribution in [0.4, 0.5) is 0 Å². The largest absolute Gasteiger partial charge is 0.497 e. The van der Waals surface area contributed by atoms with Crippen molar-refractivity contribution in [1.29, 1.82) is 0 Å². The zero-order valence-electron chi connectivity index (χ0n) is 24.0. The molecular formula is C33H44N2O3. The molecule has 0 radical (unpaired) electrons. The molecule has 3 aromatic rings. The maximum atomic E-state index is 5.98. The van der Waals surface area contributed by atoms with Crippen molar-refractivity contribution >= 4 is 5.57 Å². The summed E-state index contributed by atoms with van der Waals surface area (Å²) in [7, 11) is 10.0. The summed E-state index contributed by atoms with van der Waals surface area (Å²) >= 11 is 0. The van der Waals surface area contributed by atoms with Crippen LogP contribution < -0.4 is 14.2 Å². The van der Waals surface area contributed by atoms with Gasteiger partial charge in [0, 0.05) is 13.1 Å². The van der Waals surface area contributed by atoms with E-state index in [-0.39, 0.29) is 0 Å². The number of ether oxygens (including phenoxy) is 3. The van der Waals surface area contributed by atoms with Crippen LogP contribution in [-0.2, 0) is 6.42 Å². The minimum Gasteiger partial charge on any atom is -0.497 e. The average Bonchev–Trinajstić information content (AvgIpc) is 2.91. The van der Waals surface area contributed by atoms with E-state index >= 15 is 0 Å². The highest BCUT2D eigenvalue weighted by atomic mass is 16.5. The molecule has 0 amide bonds. The molecule has 38 heavy (non-hydrogen) atoms. The topological polar surface area (TPSA) is 34.2 Å². The van der Waals surface area contributed by atoms with Crippen LogP contribution in [0.2, 0.25) is 0 Å². The molecule has 0 saturated heterocycles. The van der Waals surface area contributed by atoms with Crippen LogP contribution >= 0.6 is 0 Å². The van der Waals surface area contributed by atoms with Gasteiger partial charge in [0.05, 0.1) is 20.3 Å². The Morgan fingerprint density at radius 1 is 0.605 bits per heavy atom. The molecule has 0 unspecified atom stereocenters. The molecule has 0 heterocycles. The molecule has 5 nitrogen and oxygen atoms in total. The third-order valence-electron chi connectivity index (χ3n) is 6.38.